The van der Waals surface area contributed by atoms with Crippen LogP contribution in [0, 0.1) is 10.1 Å². The van der Waals surface area contributed by atoms with Gasteiger partial charge in [-0.2, -0.15) is 0 Å². The zero-order valence-electron chi connectivity index (χ0n) is 19.6. The van der Waals surface area contributed by atoms with Crippen LogP contribution < -0.4 is 14.7 Å². The number of aromatic nitrogens is 2. The largest absolute Gasteiger partial charge is 0.467 e. The maximum absolute atomic E-state index is 12.3. The fourth-order valence-electron chi connectivity index (χ4n) is 4.11. The number of hydrogen-bond acceptors (Lipinski definition) is 10. The minimum atomic E-state index is -0.451. The van der Waals surface area contributed by atoms with E-state index in [4.69, 9.17) is 9.15 Å². The molecule has 0 bridgehead atoms. The average molecular weight is 481 g/mol. The number of hydrogen-bond donors (Lipinski definition) is 0. The summed E-state index contributed by atoms with van der Waals surface area (Å²) in [5.74, 6) is 0.630. The van der Waals surface area contributed by atoms with E-state index in [1.54, 1.807) is 24.0 Å². The predicted octanol–water partition coefficient (Wildman–Crippen LogP) is 3.26. The monoisotopic (exact) mass is 480 g/mol. The number of ether oxygens (including phenoxy) is 1. The second kappa shape index (κ2) is 11.3. The van der Waals surface area contributed by atoms with Crippen LogP contribution in [0.4, 0.5) is 23.0 Å². The molecule has 0 N–H and O–H groups in total. The molecule has 0 radical (unpaired) electrons. The SMILES string of the molecule is CCOC(=O)CCN(Cc1ccco1)c1ncnc(N2CCN(c3ccccc3)CC2)c1[N+](=O)[O-]. The number of nitrogens with zero attached hydrogens (tertiary/aromatic N) is 6. The lowest BCUT2D eigenvalue weighted by Crippen LogP contribution is -2.47. The number of piperazine rings is 1. The maximum Gasteiger partial charge on any atom is 0.353 e. The van der Waals surface area contributed by atoms with Crippen molar-refractivity contribution in [3.8, 4) is 0 Å². The molecule has 11 nitrogen and oxygen atoms in total. The first-order chi connectivity index (χ1) is 17.1. The lowest BCUT2D eigenvalue weighted by Gasteiger charge is -2.36. The van der Waals surface area contributed by atoms with Crippen molar-refractivity contribution >= 4 is 29.0 Å². The molecule has 1 aromatic carbocycles. The molecule has 35 heavy (non-hydrogen) atoms. The number of para-hydroxylation sites is 1. The van der Waals surface area contributed by atoms with Crippen LogP contribution >= 0.6 is 0 Å². The van der Waals surface area contributed by atoms with E-state index in [0.717, 1.165) is 5.69 Å². The molecule has 0 atom stereocenters. The zero-order chi connectivity index (χ0) is 24.6. The number of carbonyl (C=O) groups excluding carboxylic acids is 1. The summed E-state index contributed by atoms with van der Waals surface area (Å²) in [7, 11) is 0. The molecule has 2 aromatic heterocycles. The van der Waals surface area contributed by atoms with Crippen LogP contribution in [-0.4, -0.2) is 60.2 Å². The highest BCUT2D eigenvalue weighted by atomic mass is 16.6. The Labute approximate surface area is 203 Å². The van der Waals surface area contributed by atoms with E-state index < -0.39 is 4.92 Å². The van der Waals surface area contributed by atoms with Crippen LogP contribution in [-0.2, 0) is 16.1 Å². The molecule has 1 saturated heterocycles. The molecule has 184 valence electrons. The third kappa shape index (κ3) is 5.86. The Balaban J connectivity index is 1.59. The van der Waals surface area contributed by atoms with E-state index in [1.165, 1.54) is 12.6 Å². The smallest absolute Gasteiger partial charge is 0.353 e. The van der Waals surface area contributed by atoms with E-state index in [9.17, 15) is 14.9 Å². The summed E-state index contributed by atoms with van der Waals surface area (Å²) in [4.78, 5) is 38.2. The third-order valence-corrected chi connectivity index (χ3v) is 5.78. The topological polar surface area (TPSA) is 118 Å². The van der Waals surface area contributed by atoms with E-state index in [2.05, 4.69) is 27.0 Å². The molecular weight excluding hydrogens is 452 g/mol. The van der Waals surface area contributed by atoms with E-state index in [-0.39, 0.29) is 49.4 Å². The first-order valence-corrected chi connectivity index (χ1v) is 11.5. The van der Waals surface area contributed by atoms with Crippen LogP contribution in [0.25, 0.3) is 0 Å². The second-order valence-corrected chi connectivity index (χ2v) is 7.99. The van der Waals surface area contributed by atoms with Gasteiger partial charge in [-0.25, -0.2) is 9.97 Å². The molecule has 3 aromatic rings. The summed E-state index contributed by atoms with van der Waals surface area (Å²) in [6, 6.07) is 13.6. The summed E-state index contributed by atoms with van der Waals surface area (Å²) >= 11 is 0. The Morgan fingerprint density at radius 1 is 1.11 bits per heavy atom. The molecule has 0 spiro atoms. The van der Waals surface area contributed by atoms with Gasteiger partial charge in [0, 0.05) is 38.4 Å². The minimum absolute atomic E-state index is 0.0563. The van der Waals surface area contributed by atoms with Gasteiger partial charge in [0.05, 0.1) is 30.8 Å². The van der Waals surface area contributed by atoms with Gasteiger partial charge in [0.1, 0.15) is 12.1 Å². The van der Waals surface area contributed by atoms with Gasteiger partial charge < -0.3 is 23.9 Å². The molecule has 1 fully saturated rings. The summed E-state index contributed by atoms with van der Waals surface area (Å²) in [6.07, 6.45) is 2.92. The fourth-order valence-corrected chi connectivity index (χ4v) is 4.11. The lowest BCUT2D eigenvalue weighted by atomic mass is 10.2. The maximum atomic E-state index is 12.3. The van der Waals surface area contributed by atoms with Gasteiger partial charge in [-0.1, -0.05) is 18.2 Å². The number of carbonyl (C=O) groups is 1. The predicted molar refractivity (Wildman–Crippen MR) is 131 cm³/mol. The van der Waals surface area contributed by atoms with Crippen molar-refractivity contribution in [3.05, 3.63) is 70.9 Å². The Kier molecular flexibility index (Phi) is 7.76. The Hall–Kier alpha value is -4.15. The van der Waals surface area contributed by atoms with E-state index >= 15 is 0 Å². The number of benzene rings is 1. The molecule has 4 rings (SSSR count). The number of rotatable bonds is 10. The summed E-state index contributed by atoms with van der Waals surface area (Å²) in [5.41, 5.74) is 0.935. The molecule has 11 heteroatoms. The lowest BCUT2D eigenvalue weighted by molar-refractivity contribution is -0.383. The highest BCUT2D eigenvalue weighted by molar-refractivity contribution is 5.73. The summed E-state index contributed by atoms with van der Waals surface area (Å²) < 4.78 is 10.5. The van der Waals surface area contributed by atoms with Crippen molar-refractivity contribution in [2.45, 2.75) is 19.9 Å². The van der Waals surface area contributed by atoms with Crippen molar-refractivity contribution in [1.29, 1.82) is 0 Å². The van der Waals surface area contributed by atoms with Crippen molar-refractivity contribution in [2.24, 2.45) is 0 Å². The highest BCUT2D eigenvalue weighted by Crippen LogP contribution is 2.35. The molecule has 1 aliphatic rings. The van der Waals surface area contributed by atoms with Crippen molar-refractivity contribution in [2.75, 3.05) is 54.0 Å². The van der Waals surface area contributed by atoms with Crippen molar-refractivity contribution in [3.63, 3.8) is 0 Å². The van der Waals surface area contributed by atoms with Gasteiger partial charge in [-0.05, 0) is 31.2 Å². The normalized spacial score (nSPS) is 13.5. The average Bonchev–Trinajstić information content (AvgIpc) is 3.40. The molecule has 0 amide bonds. The number of anilines is 3. The van der Waals surface area contributed by atoms with Gasteiger partial charge in [-0.3, -0.25) is 14.9 Å². The van der Waals surface area contributed by atoms with Crippen LogP contribution in [0.5, 0.6) is 0 Å². The summed E-state index contributed by atoms with van der Waals surface area (Å²) in [5, 5.41) is 12.3. The second-order valence-electron chi connectivity index (χ2n) is 7.99. The molecule has 3 heterocycles. The van der Waals surface area contributed by atoms with Crippen LogP contribution in [0.2, 0.25) is 0 Å². The summed E-state index contributed by atoms with van der Waals surface area (Å²) in [6.45, 7) is 4.96. The quantitative estimate of drug-likeness (QED) is 0.243. The fraction of sp³-hybridized carbons (Fsp3) is 0.375. The van der Waals surface area contributed by atoms with Gasteiger partial charge in [0.2, 0.25) is 11.6 Å². The number of furan rings is 1. The van der Waals surface area contributed by atoms with Crippen molar-refractivity contribution < 1.29 is 18.9 Å². The van der Waals surface area contributed by atoms with Crippen molar-refractivity contribution in [1.82, 2.24) is 9.97 Å². The Morgan fingerprint density at radius 3 is 2.51 bits per heavy atom. The van der Waals surface area contributed by atoms with Crippen LogP contribution in [0.15, 0.2) is 59.5 Å². The first-order valence-electron chi connectivity index (χ1n) is 11.5. The third-order valence-electron chi connectivity index (χ3n) is 5.78. The standard InChI is InChI=1S/C24H28N6O5/c1-2-34-21(31)10-11-29(17-20-9-6-16-35-20)24-22(30(32)33)23(25-18-26-24)28-14-12-27(13-15-28)19-7-4-3-5-8-19/h3-9,16,18H,2,10-15,17H2,1H3. The van der Waals surface area contributed by atoms with Gasteiger partial charge >= 0.3 is 11.7 Å². The van der Waals surface area contributed by atoms with E-state index in [0.29, 0.717) is 31.9 Å². The van der Waals surface area contributed by atoms with E-state index in [1.807, 2.05) is 23.1 Å². The minimum Gasteiger partial charge on any atom is -0.467 e. The van der Waals surface area contributed by atoms with Gasteiger partial charge in [0.15, 0.2) is 0 Å². The molecule has 0 aliphatic carbocycles. The zero-order valence-corrected chi connectivity index (χ0v) is 19.6. The molecule has 0 unspecified atom stereocenters. The first kappa shape index (κ1) is 24.0. The Bertz CT molecular complexity index is 1120. The van der Waals surface area contributed by atoms with Crippen LogP contribution in [0.3, 0.4) is 0 Å². The highest BCUT2D eigenvalue weighted by Gasteiger charge is 2.32. The number of nitro groups is 1. The number of esters is 1. The van der Waals surface area contributed by atoms with Gasteiger partial charge in [0.25, 0.3) is 0 Å². The molecule has 1 aliphatic heterocycles. The Morgan fingerprint density at radius 2 is 1.86 bits per heavy atom. The molecular formula is C24H28N6O5. The molecule has 0 saturated carbocycles. The van der Waals surface area contributed by atoms with Crippen LogP contribution in [0.1, 0.15) is 19.1 Å². The van der Waals surface area contributed by atoms with Gasteiger partial charge in [-0.15, -0.1) is 0 Å².